The molecule has 3 aromatic rings. The highest BCUT2D eigenvalue weighted by atomic mass is 19.4. The van der Waals surface area contributed by atoms with E-state index in [2.05, 4.69) is 10.1 Å². The van der Waals surface area contributed by atoms with Crippen LogP contribution in [0.3, 0.4) is 0 Å². The van der Waals surface area contributed by atoms with Crippen molar-refractivity contribution in [2.45, 2.75) is 19.8 Å². The Bertz CT molecular complexity index is 915. The number of amides is 1. The number of furan rings is 1. The molecule has 0 spiro atoms. The van der Waals surface area contributed by atoms with E-state index in [0.717, 1.165) is 10.9 Å². The van der Waals surface area contributed by atoms with E-state index in [4.69, 9.17) is 4.42 Å². The van der Waals surface area contributed by atoms with Crippen LogP contribution < -0.4 is 10.1 Å². The Morgan fingerprint density at radius 2 is 1.92 bits per heavy atom. The lowest BCUT2D eigenvalue weighted by atomic mass is 10.2. The van der Waals surface area contributed by atoms with E-state index in [1.165, 1.54) is 18.2 Å². The molecule has 3 rings (SSSR count). The zero-order chi connectivity index (χ0) is 18.0. The zero-order valence-corrected chi connectivity index (χ0v) is 13.2. The van der Waals surface area contributed by atoms with E-state index in [9.17, 15) is 18.0 Å². The van der Waals surface area contributed by atoms with Gasteiger partial charge in [0.1, 0.15) is 11.3 Å². The first kappa shape index (κ1) is 16.9. The van der Waals surface area contributed by atoms with Gasteiger partial charge >= 0.3 is 6.36 Å². The summed E-state index contributed by atoms with van der Waals surface area (Å²) in [4.78, 5) is 12.2. The molecule has 0 radical (unpaired) electrons. The number of benzene rings is 2. The zero-order valence-electron chi connectivity index (χ0n) is 13.2. The highest BCUT2D eigenvalue weighted by Crippen LogP contribution is 2.26. The van der Waals surface area contributed by atoms with Crippen LogP contribution in [0.15, 0.2) is 52.9 Å². The summed E-state index contributed by atoms with van der Waals surface area (Å²) in [5.74, 6) is -0.777. The van der Waals surface area contributed by atoms with Gasteiger partial charge in [0.15, 0.2) is 5.76 Å². The van der Waals surface area contributed by atoms with Crippen LogP contribution >= 0.6 is 0 Å². The maximum atomic E-state index is 12.4. The Morgan fingerprint density at radius 1 is 1.16 bits per heavy atom. The second kappa shape index (κ2) is 6.51. The standard InChI is InChI=1S/C18H14F3NO3/c1-11-6-7-14-13(8-11)9-16(24-14)17(23)22-10-12-4-2-3-5-15(12)25-18(19,20)21/h2-9H,10H2,1H3,(H,22,23). The molecule has 0 aliphatic carbocycles. The van der Waals surface area contributed by atoms with Crippen LogP contribution in [0.4, 0.5) is 13.2 Å². The van der Waals surface area contributed by atoms with Gasteiger partial charge in [-0.1, -0.05) is 29.8 Å². The summed E-state index contributed by atoms with van der Waals surface area (Å²) in [5.41, 5.74) is 1.80. The Balaban J connectivity index is 1.73. The summed E-state index contributed by atoms with van der Waals surface area (Å²) < 4.78 is 46.7. The largest absolute Gasteiger partial charge is 0.573 e. The van der Waals surface area contributed by atoms with Crippen molar-refractivity contribution in [2.24, 2.45) is 0 Å². The number of carbonyl (C=O) groups is 1. The number of alkyl halides is 3. The number of para-hydroxylation sites is 1. The van der Waals surface area contributed by atoms with Crippen molar-refractivity contribution in [2.75, 3.05) is 0 Å². The smallest absolute Gasteiger partial charge is 0.451 e. The summed E-state index contributed by atoms with van der Waals surface area (Å²) in [7, 11) is 0. The fourth-order valence-corrected chi connectivity index (χ4v) is 2.41. The quantitative estimate of drug-likeness (QED) is 0.751. The van der Waals surface area contributed by atoms with Crippen molar-refractivity contribution >= 4 is 16.9 Å². The van der Waals surface area contributed by atoms with Crippen LogP contribution in [0.2, 0.25) is 0 Å². The van der Waals surface area contributed by atoms with E-state index >= 15 is 0 Å². The first-order valence-corrected chi connectivity index (χ1v) is 7.44. The summed E-state index contributed by atoms with van der Waals surface area (Å²) >= 11 is 0. The molecule has 7 heteroatoms. The number of ether oxygens (including phenoxy) is 1. The molecule has 1 N–H and O–H groups in total. The number of fused-ring (bicyclic) bond motifs is 1. The summed E-state index contributed by atoms with van der Waals surface area (Å²) in [6.45, 7) is 1.80. The molecule has 0 aliphatic rings. The average Bonchev–Trinajstić information content (AvgIpc) is 2.95. The molecule has 0 atom stereocenters. The van der Waals surface area contributed by atoms with Crippen molar-refractivity contribution in [3.63, 3.8) is 0 Å². The lowest BCUT2D eigenvalue weighted by molar-refractivity contribution is -0.274. The third-order valence-electron chi connectivity index (χ3n) is 3.53. The molecule has 0 unspecified atom stereocenters. The molecular formula is C18H14F3NO3. The molecule has 0 saturated heterocycles. The molecule has 1 heterocycles. The highest BCUT2D eigenvalue weighted by molar-refractivity contribution is 5.96. The van der Waals surface area contributed by atoms with E-state index in [-0.39, 0.29) is 23.6 Å². The number of rotatable bonds is 4. The van der Waals surface area contributed by atoms with Gasteiger partial charge in [0.2, 0.25) is 0 Å². The fraction of sp³-hybridized carbons (Fsp3) is 0.167. The van der Waals surface area contributed by atoms with Crippen LogP contribution in [0.5, 0.6) is 5.75 Å². The van der Waals surface area contributed by atoms with Crippen molar-refractivity contribution in [3.05, 3.63) is 65.4 Å². The second-order valence-electron chi connectivity index (χ2n) is 5.49. The molecule has 0 saturated carbocycles. The highest BCUT2D eigenvalue weighted by Gasteiger charge is 2.32. The molecule has 0 aliphatic heterocycles. The predicted octanol–water partition coefficient (Wildman–Crippen LogP) is 4.57. The monoisotopic (exact) mass is 349 g/mol. The van der Waals surface area contributed by atoms with Crippen LogP contribution in [0.1, 0.15) is 21.7 Å². The van der Waals surface area contributed by atoms with Gasteiger partial charge in [-0.2, -0.15) is 0 Å². The Hall–Kier alpha value is -2.96. The number of aryl methyl sites for hydroxylation is 1. The van der Waals surface area contributed by atoms with Gasteiger partial charge in [-0.25, -0.2) is 0 Å². The molecule has 0 bridgehead atoms. The van der Waals surface area contributed by atoms with Crippen LogP contribution in [-0.2, 0) is 6.54 Å². The van der Waals surface area contributed by atoms with Crippen molar-refractivity contribution in [1.29, 1.82) is 0 Å². The molecule has 25 heavy (non-hydrogen) atoms. The van der Waals surface area contributed by atoms with Gasteiger partial charge in [-0.3, -0.25) is 4.79 Å². The Kier molecular flexibility index (Phi) is 4.39. The second-order valence-corrected chi connectivity index (χ2v) is 5.49. The minimum Gasteiger partial charge on any atom is -0.451 e. The number of nitrogens with one attached hydrogen (secondary N) is 1. The third-order valence-corrected chi connectivity index (χ3v) is 3.53. The minimum atomic E-state index is -4.79. The maximum absolute atomic E-state index is 12.4. The van der Waals surface area contributed by atoms with Gasteiger partial charge in [-0.05, 0) is 31.2 Å². The predicted molar refractivity (Wildman–Crippen MR) is 85.2 cm³/mol. The number of carbonyl (C=O) groups excluding carboxylic acids is 1. The molecule has 130 valence electrons. The lowest BCUT2D eigenvalue weighted by Gasteiger charge is -2.13. The van der Waals surface area contributed by atoms with E-state index in [1.807, 2.05) is 19.1 Å². The van der Waals surface area contributed by atoms with Gasteiger partial charge in [0, 0.05) is 17.5 Å². The van der Waals surface area contributed by atoms with Crippen LogP contribution in [0, 0.1) is 6.92 Å². The number of halogens is 3. The number of hydrogen-bond donors (Lipinski definition) is 1. The van der Waals surface area contributed by atoms with E-state index in [1.54, 1.807) is 18.2 Å². The van der Waals surface area contributed by atoms with Gasteiger partial charge < -0.3 is 14.5 Å². The molecule has 1 aromatic heterocycles. The molecule has 0 fully saturated rings. The lowest BCUT2D eigenvalue weighted by Crippen LogP contribution is -2.24. The average molecular weight is 349 g/mol. The molecular weight excluding hydrogens is 335 g/mol. The normalized spacial score (nSPS) is 11.5. The van der Waals surface area contributed by atoms with E-state index < -0.39 is 12.3 Å². The Labute approximate surface area is 141 Å². The van der Waals surface area contributed by atoms with Gasteiger partial charge in [-0.15, -0.1) is 13.2 Å². The van der Waals surface area contributed by atoms with Crippen LogP contribution in [-0.4, -0.2) is 12.3 Å². The third kappa shape index (κ3) is 4.12. The minimum absolute atomic E-state index is 0.0924. The summed E-state index contributed by atoms with van der Waals surface area (Å²) in [6.07, 6.45) is -4.79. The maximum Gasteiger partial charge on any atom is 0.573 e. The van der Waals surface area contributed by atoms with Gasteiger partial charge in [0.05, 0.1) is 0 Å². The number of hydrogen-bond acceptors (Lipinski definition) is 3. The molecule has 1 amide bonds. The first-order chi connectivity index (χ1) is 11.8. The molecule has 4 nitrogen and oxygen atoms in total. The fourth-order valence-electron chi connectivity index (χ4n) is 2.41. The summed E-state index contributed by atoms with van der Waals surface area (Å²) in [6, 6.07) is 12.7. The summed E-state index contributed by atoms with van der Waals surface area (Å²) in [5, 5.41) is 3.32. The van der Waals surface area contributed by atoms with E-state index in [0.29, 0.717) is 5.58 Å². The SMILES string of the molecule is Cc1ccc2oc(C(=O)NCc3ccccc3OC(F)(F)F)cc2c1. The van der Waals surface area contributed by atoms with Gasteiger partial charge in [0.25, 0.3) is 5.91 Å². The van der Waals surface area contributed by atoms with Crippen LogP contribution in [0.25, 0.3) is 11.0 Å². The van der Waals surface area contributed by atoms with Crippen molar-refractivity contribution < 1.29 is 27.1 Å². The Morgan fingerprint density at radius 3 is 2.68 bits per heavy atom. The van der Waals surface area contributed by atoms with Crippen molar-refractivity contribution in [1.82, 2.24) is 5.32 Å². The van der Waals surface area contributed by atoms with Crippen molar-refractivity contribution in [3.8, 4) is 5.75 Å². The first-order valence-electron chi connectivity index (χ1n) is 7.44. The topological polar surface area (TPSA) is 51.5 Å². The molecule has 2 aromatic carbocycles.